The SMILES string of the molecule is CC(=O)c1cc(Cl)nc(Cl)c1.N#Cc1cc(Cl)nc(Cl)c1. The van der Waals surface area contributed by atoms with Crippen molar-refractivity contribution in [3.05, 3.63) is 56.0 Å². The molecule has 21 heavy (non-hydrogen) atoms. The highest BCUT2D eigenvalue weighted by molar-refractivity contribution is 6.33. The average Bonchev–Trinajstić information content (AvgIpc) is 2.37. The van der Waals surface area contributed by atoms with Crippen LogP contribution in [0.25, 0.3) is 0 Å². The minimum atomic E-state index is -0.0730. The molecule has 0 amide bonds. The summed E-state index contributed by atoms with van der Waals surface area (Å²) < 4.78 is 0. The van der Waals surface area contributed by atoms with Crippen molar-refractivity contribution in [1.29, 1.82) is 5.26 Å². The number of aromatic nitrogens is 2. The van der Waals surface area contributed by atoms with E-state index >= 15 is 0 Å². The van der Waals surface area contributed by atoms with Gasteiger partial charge in [-0.2, -0.15) is 5.26 Å². The Balaban J connectivity index is 0.000000211. The van der Waals surface area contributed by atoms with Crippen molar-refractivity contribution in [2.45, 2.75) is 6.92 Å². The molecule has 8 heteroatoms. The van der Waals surface area contributed by atoms with Crippen LogP contribution in [-0.4, -0.2) is 15.8 Å². The molecule has 0 fully saturated rings. The monoisotopic (exact) mass is 361 g/mol. The first-order valence-corrected chi connectivity index (χ1v) is 6.90. The molecule has 0 atom stereocenters. The number of hydrogen-bond acceptors (Lipinski definition) is 4. The highest BCUT2D eigenvalue weighted by Gasteiger charge is 2.02. The number of rotatable bonds is 1. The Morgan fingerprint density at radius 2 is 1.33 bits per heavy atom. The molecule has 2 rings (SSSR count). The number of Topliss-reactive ketones (excluding diaryl/α,β-unsaturated/α-hetero) is 1. The van der Waals surface area contributed by atoms with Gasteiger partial charge in [0.05, 0.1) is 11.6 Å². The number of nitriles is 1. The molecular weight excluding hydrogens is 356 g/mol. The van der Waals surface area contributed by atoms with Gasteiger partial charge in [0.1, 0.15) is 20.6 Å². The Bertz CT molecular complexity index is 673. The van der Waals surface area contributed by atoms with Crippen LogP contribution < -0.4 is 0 Å². The third-order valence-corrected chi connectivity index (χ3v) is 2.84. The summed E-state index contributed by atoms with van der Waals surface area (Å²) >= 11 is 22.1. The van der Waals surface area contributed by atoms with Gasteiger partial charge in [-0.15, -0.1) is 0 Å². The van der Waals surface area contributed by atoms with Gasteiger partial charge in [-0.25, -0.2) is 9.97 Å². The van der Waals surface area contributed by atoms with E-state index in [2.05, 4.69) is 9.97 Å². The van der Waals surface area contributed by atoms with Crippen LogP contribution in [0.1, 0.15) is 22.8 Å². The molecule has 108 valence electrons. The summed E-state index contributed by atoms with van der Waals surface area (Å²) in [5.74, 6) is -0.0730. The molecule has 0 aliphatic rings. The van der Waals surface area contributed by atoms with Gasteiger partial charge in [0, 0.05) is 5.56 Å². The summed E-state index contributed by atoms with van der Waals surface area (Å²) in [4.78, 5) is 18.2. The normalized spacial score (nSPS) is 9.33. The summed E-state index contributed by atoms with van der Waals surface area (Å²) in [5.41, 5.74) is 0.903. The minimum Gasteiger partial charge on any atom is -0.295 e. The van der Waals surface area contributed by atoms with Crippen LogP contribution >= 0.6 is 46.4 Å². The fraction of sp³-hybridized carbons (Fsp3) is 0.0769. The van der Waals surface area contributed by atoms with Gasteiger partial charge in [0.25, 0.3) is 0 Å². The second-order valence-electron chi connectivity index (χ2n) is 3.67. The largest absolute Gasteiger partial charge is 0.295 e. The van der Waals surface area contributed by atoms with E-state index in [9.17, 15) is 4.79 Å². The van der Waals surface area contributed by atoms with Crippen LogP contribution in [0.2, 0.25) is 20.6 Å². The van der Waals surface area contributed by atoms with Gasteiger partial charge in [-0.05, 0) is 31.2 Å². The molecule has 0 aliphatic heterocycles. The van der Waals surface area contributed by atoms with E-state index in [1.165, 1.54) is 31.2 Å². The van der Waals surface area contributed by atoms with E-state index in [4.69, 9.17) is 51.7 Å². The lowest BCUT2D eigenvalue weighted by atomic mass is 10.2. The molecule has 2 aromatic heterocycles. The fourth-order valence-electron chi connectivity index (χ4n) is 1.20. The number of halogens is 4. The lowest BCUT2D eigenvalue weighted by Crippen LogP contribution is -1.92. The zero-order valence-corrected chi connectivity index (χ0v) is 13.6. The molecule has 0 saturated heterocycles. The van der Waals surface area contributed by atoms with Crippen molar-refractivity contribution in [1.82, 2.24) is 9.97 Å². The van der Waals surface area contributed by atoms with Crippen LogP contribution in [0.3, 0.4) is 0 Å². The van der Waals surface area contributed by atoms with Crippen LogP contribution in [0.15, 0.2) is 24.3 Å². The van der Waals surface area contributed by atoms with Crippen LogP contribution in [0.4, 0.5) is 0 Å². The Morgan fingerprint density at radius 1 is 0.952 bits per heavy atom. The predicted molar refractivity (Wildman–Crippen MR) is 83.2 cm³/mol. The van der Waals surface area contributed by atoms with E-state index in [0.29, 0.717) is 11.1 Å². The van der Waals surface area contributed by atoms with Gasteiger partial charge < -0.3 is 0 Å². The summed E-state index contributed by atoms with van der Waals surface area (Å²) in [7, 11) is 0. The van der Waals surface area contributed by atoms with Crippen molar-refractivity contribution in [3.63, 3.8) is 0 Å². The Kier molecular flexibility index (Phi) is 6.86. The maximum Gasteiger partial charge on any atom is 0.160 e. The minimum absolute atomic E-state index is 0.0730. The van der Waals surface area contributed by atoms with E-state index in [1.54, 1.807) is 0 Å². The predicted octanol–water partition coefficient (Wildman–Crippen LogP) is 4.85. The number of pyridine rings is 2. The third-order valence-electron chi connectivity index (χ3n) is 2.06. The second-order valence-corrected chi connectivity index (χ2v) is 5.22. The molecular formula is C13H7Cl4N3O. The van der Waals surface area contributed by atoms with E-state index in [1.807, 2.05) is 6.07 Å². The average molecular weight is 363 g/mol. The molecule has 0 radical (unpaired) electrons. The molecule has 0 spiro atoms. The molecule has 0 bridgehead atoms. The maximum absolute atomic E-state index is 10.8. The molecule has 0 saturated carbocycles. The lowest BCUT2D eigenvalue weighted by molar-refractivity contribution is 0.101. The zero-order valence-electron chi connectivity index (χ0n) is 10.6. The topological polar surface area (TPSA) is 66.6 Å². The van der Waals surface area contributed by atoms with E-state index in [0.717, 1.165) is 0 Å². The van der Waals surface area contributed by atoms with Gasteiger partial charge >= 0.3 is 0 Å². The second kappa shape index (κ2) is 8.16. The first-order chi connectivity index (χ1) is 9.81. The number of nitrogens with zero attached hydrogens (tertiary/aromatic N) is 3. The number of carbonyl (C=O) groups is 1. The molecule has 0 unspecified atom stereocenters. The van der Waals surface area contributed by atoms with Gasteiger partial charge in [0.2, 0.25) is 0 Å². The van der Waals surface area contributed by atoms with Crippen molar-refractivity contribution in [2.75, 3.05) is 0 Å². The number of carbonyl (C=O) groups excluding carboxylic acids is 1. The third kappa shape index (κ3) is 6.28. The van der Waals surface area contributed by atoms with E-state index < -0.39 is 0 Å². The molecule has 0 aromatic carbocycles. The van der Waals surface area contributed by atoms with Gasteiger partial charge in [-0.1, -0.05) is 46.4 Å². The van der Waals surface area contributed by atoms with Gasteiger partial charge in [-0.3, -0.25) is 4.79 Å². The number of hydrogen-bond donors (Lipinski definition) is 0. The van der Waals surface area contributed by atoms with E-state index in [-0.39, 0.29) is 26.4 Å². The van der Waals surface area contributed by atoms with Gasteiger partial charge in [0.15, 0.2) is 5.78 Å². The summed E-state index contributed by atoms with van der Waals surface area (Å²) in [6.07, 6.45) is 0. The smallest absolute Gasteiger partial charge is 0.160 e. The Labute approximate surface area is 141 Å². The summed E-state index contributed by atoms with van der Waals surface area (Å²) in [5, 5.41) is 9.35. The fourth-order valence-corrected chi connectivity index (χ4v) is 2.12. The van der Waals surface area contributed by atoms with Crippen LogP contribution in [0, 0.1) is 11.3 Å². The van der Waals surface area contributed by atoms with Crippen molar-refractivity contribution in [3.8, 4) is 6.07 Å². The van der Waals surface area contributed by atoms with Crippen molar-refractivity contribution >= 4 is 52.2 Å². The van der Waals surface area contributed by atoms with Crippen LogP contribution in [0.5, 0.6) is 0 Å². The van der Waals surface area contributed by atoms with Crippen molar-refractivity contribution in [2.24, 2.45) is 0 Å². The zero-order chi connectivity index (χ0) is 16.0. The van der Waals surface area contributed by atoms with Crippen molar-refractivity contribution < 1.29 is 4.79 Å². The summed E-state index contributed by atoms with van der Waals surface area (Å²) in [6, 6.07) is 7.77. The Hall–Kier alpha value is -1.38. The highest BCUT2D eigenvalue weighted by Crippen LogP contribution is 2.14. The molecule has 0 N–H and O–H groups in total. The first kappa shape index (κ1) is 17.7. The number of ketones is 1. The molecule has 0 aliphatic carbocycles. The summed E-state index contributed by atoms with van der Waals surface area (Å²) in [6.45, 7) is 1.45. The first-order valence-electron chi connectivity index (χ1n) is 5.39. The maximum atomic E-state index is 10.8. The molecule has 2 aromatic rings. The molecule has 2 heterocycles. The Morgan fingerprint density at radius 3 is 1.67 bits per heavy atom. The quantitative estimate of drug-likeness (QED) is 0.537. The highest BCUT2D eigenvalue weighted by atomic mass is 35.5. The lowest BCUT2D eigenvalue weighted by Gasteiger charge is -1.96. The van der Waals surface area contributed by atoms with Crippen LogP contribution in [-0.2, 0) is 0 Å². The molecule has 4 nitrogen and oxygen atoms in total. The standard InChI is InChI=1S/C7H5Cl2NO.C6H2Cl2N2/c1-4(11)5-2-6(8)10-7(9)3-5;7-5-1-4(3-9)2-6(8)10-5/h2-3H,1H3;1-2H.